The lowest BCUT2D eigenvalue weighted by molar-refractivity contribution is 0.594. The molecule has 0 rings (SSSR count). The predicted molar refractivity (Wildman–Crippen MR) is 47.6 cm³/mol. The van der Waals surface area contributed by atoms with Crippen LogP contribution in [0.2, 0.25) is 0 Å². The molecule has 0 fully saturated rings. The van der Waals surface area contributed by atoms with Gasteiger partial charge in [-0.15, -0.1) is 0 Å². The van der Waals surface area contributed by atoms with Crippen molar-refractivity contribution in [2.45, 2.75) is 23.5 Å². The van der Waals surface area contributed by atoms with Crippen LogP contribution in [0.5, 0.6) is 0 Å². The van der Waals surface area contributed by atoms with Crippen molar-refractivity contribution in [3.63, 3.8) is 0 Å². The largest absolute Gasteiger partial charge is 0.228 e. The van der Waals surface area contributed by atoms with E-state index in [4.69, 9.17) is 0 Å². The third-order valence-corrected chi connectivity index (χ3v) is 5.27. The first-order valence-corrected chi connectivity index (χ1v) is 5.82. The van der Waals surface area contributed by atoms with Crippen LogP contribution >= 0.6 is 22.6 Å². The normalized spacial score (nSPS) is 15.4. The Morgan fingerprint density at radius 1 is 1.56 bits per heavy atom. The fraction of sp³-hybridized carbons (Fsp3) is 1.00. The predicted octanol–water partition coefficient (Wildman–Crippen LogP) is 1.59. The summed E-state index contributed by atoms with van der Waals surface area (Å²) in [6.07, 6.45) is 0.718. The fourth-order valence-electron chi connectivity index (χ4n) is 0.447. The van der Waals surface area contributed by atoms with E-state index in [1.807, 2.05) is 29.5 Å². The number of rotatable bonds is 3. The van der Waals surface area contributed by atoms with Crippen molar-refractivity contribution in [3.8, 4) is 0 Å². The lowest BCUT2D eigenvalue weighted by Crippen LogP contribution is -2.14. The van der Waals surface area contributed by atoms with Gasteiger partial charge in [0, 0.05) is 0 Å². The zero-order valence-corrected chi connectivity index (χ0v) is 8.57. The molecule has 0 amide bonds. The molecule has 0 saturated heterocycles. The third kappa shape index (κ3) is 3.40. The van der Waals surface area contributed by atoms with Gasteiger partial charge in [-0.3, -0.25) is 0 Å². The average molecular weight is 262 g/mol. The molecular formula is C5H11IO2S. The fourth-order valence-corrected chi connectivity index (χ4v) is 2.10. The molecule has 0 aliphatic heterocycles. The van der Waals surface area contributed by atoms with E-state index in [2.05, 4.69) is 0 Å². The Balaban J connectivity index is 4.05. The van der Waals surface area contributed by atoms with Gasteiger partial charge in [0.15, 0.2) is 9.84 Å². The van der Waals surface area contributed by atoms with Gasteiger partial charge in [-0.1, -0.05) is 29.5 Å². The highest BCUT2D eigenvalue weighted by atomic mass is 127. The number of sulfone groups is 1. The molecule has 56 valence electrons. The maximum Gasteiger partial charge on any atom is 0.162 e. The zero-order valence-electron chi connectivity index (χ0n) is 5.59. The van der Waals surface area contributed by atoms with Crippen LogP contribution in [-0.4, -0.2) is 17.4 Å². The summed E-state index contributed by atoms with van der Waals surface area (Å²) in [7, 11) is -2.76. The van der Waals surface area contributed by atoms with Gasteiger partial charge in [0.05, 0.1) is 5.75 Å². The first kappa shape index (κ1) is 9.68. The lowest BCUT2D eigenvalue weighted by Gasteiger charge is -2.02. The smallest absolute Gasteiger partial charge is 0.162 e. The first-order valence-electron chi connectivity index (χ1n) is 2.86. The van der Waals surface area contributed by atoms with Crippen molar-refractivity contribution < 1.29 is 8.42 Å². The third-order valence-electron chi connectivity index (χ3n) is 0.983. The van der Waals surface area contributed by atoms with Crippen LogP contribution in [-0.2, 0) is 9.84 Å². The van der Waals surface area contributed by atoms with Gasteiger partial charge in [0.25, 0.3) is 0 Å². The molecule has 0 aromatic rings. The summed E-state index contributed by atoms with van der Waals surface area (Å²) in [6, 6.07) is 0. The number of halogens is 1. The van der Waals surface area contributed by atoms with Gasteiger partial charge in [-0.2, -0.15) is 0 Å². The van der Waals surface area contributed by atoms with E-state index < -0.39 is 9.84 Å². The maximum absolute atomic E-state index is 10.9. The molecule has 0 saturated carbocycles. The van der Waals surface area contributed by atoms with E-state index in [-0.39, 0.29) is 3.26 Å². The monoisotopic (exact) mass is 262 g/mol. The molecule has 0 radical (unpaired) electrons. The van der Waals surface area contributed by atoms with Crippen molar-refractivity contribution in [3.05, 3.63) is 0 Å². The molecule has 4 heteroatoms. The lowest BCUT2D eigenvalue weighted by atomic mass is 10.6. The molecule has 0 aliphatic carbocycles. The van der Waals surface area contributed by atoms with E-state index in [1.165, 1.54) is 0 Å². The number of hydrogen-bond acceptors (Lipinski definition) is 2. The summed E-state index contributed by atoms with van der Waals surface area (Å²) >= 11 is 1.92. The number of alkyl halides is 1. The molecule has 1 unspecified atom stereocenters. The molecule has 0 aromatic heterocycles. The minimum Gasteiger partial charge on any atom is -0.228 e. The van der Waals surface area contributed by atoms with Crippen LogP contribution in [0, 0.1) is 0 Å². The van der Waals surface area contributed by atoms with Crippen LogP contribution in [0.15, 0.2) is 0 Å². The highest BCUT2D eigenvalue weighted by molar-refractivity contribution is 14.1. The van der Waals surface area contributed by atoms with E-state index in [0.717, 1.165) is 6.42 Å². The van der Waals surface area contributed by atoms with Crippen LogP contribution in [0.4, 0.5) is 0 Å². The maximum atomic E-state index is 10.9. The highest BCUT2D eigenvalue weighted by Crippen LogP contribution is 2.09. The van der Waals surface area contributed by atoms with Crippen molar-refractivity contribution in [1.29, 1.82) is 0 Å². The van der Waals surface area contributed by atoms with Crippen LogP contribution < -0.4 is 0 Å². The van der Waals surface area contributed by atoms with E-state index in [0.29, 0.717) is 5.75 Å². The minimum atomic E-state index is -2.76. The molecule has 0 bridgehead atoms. The van der Waals surface area contributed by atoms with Crippen LogP contribution in [0.3, 0.4) is 0 Å². The van der Waals surface area contributed by atoms with Crippen molar-refractivity contribution in [1.82, 2.24) is 0 Å². The van der Waals surface area contributed by atoms with Gasteiger partial charge in [-0.05, 0) is 13.3 Å². The van der Waals surface area contributed by atoms with Gasteiger partial charge in [-0.25, -0.2) is 8.42 Å². The summed E-state index contributed by atoms with van der Waals surface area (Å²) in [5.74, 6) is 0.317. The Bertz CT molecular complexity index is 160. The van der Waals surface area contributed by atoms with Gasteiger partial charge >= 0.3 is 0 Å². The molecule has 2 nitrogen and oxygen atoms in total. The Kier molecular flexibility index (Phi) is 4.04. The second kappa shape index (κ2) is 3.75. The summed E-state index contributed by atoms with van der Waals surface area (Å²) < 4.78 is 21.6. The first-order chi connectivity index (χ1) is 4.00. The summed E-state index contributed by atoms with van der Waals surface area (Å²) in [6.45, 7) is 3.57. The molecule has 1 atom stereocenters. The van der Waals surface area contributed by atoms with Crippen LogP contribution in [0.25, 0.3) is 0 Å². The Labute approximate surface area is 70.1 Å². The summed E-state index contributed by atoms with van der Waals surface area (Å²) in [5, 5.41) is 0. The second-order valence-corrected chi connectivity index (χ2v) is 7.06. The van der Waals surface area contributed by atoms with E-state index in [9.17, 15) is 8.42 Å². The highest BCUT2D eigenvalue weighted by Gasteiger charge is 2.14. The Morgan fingerprint density at radius 3 is 2.11 bits per heavy atom. The Hall–Kier alpha value is 0.680. The zero-order chi connectivity index (χ0) is 7.49. The van der Waals surface area contributed by atoms with Crippen molar-refractivity contribution in [2.24, 2.45) is 0 Å². The molecule has 0 spiro atoms. The molecule has 0 aliphatic rings. The van der Waals surface area contributed by atoms with Gasteiger partial charge in [0.2, 0.25) is 0 Å². The minimum absolute atomic E-state index is 0.241. The quantitative estimate of drug-likeness (QED) is 0.571. The average Bonchev–Trinajstić information content (AvgIpc) is 1.65. The summed E-state index contributed by atoms with van der Waals surface area (Å²) in [5.41, 5.74) is 0. The molecule has 0 aromatic carbocycles. The molecule has 0 N–H and O–H groups in total. The van der Waals surface area contributed by atoms with Crippen molar-refractivity contribution in [2.75, 3.05) is 5.75 Å². The molecular weight excluding hydrogens is 251 g/mol. The Morgan fingerprint density at radius 2 is 2.00 bits per heavy atom. The van der Waals surface area contributed by atoms with Gasteiger partial charge < -0.3 is 0 Å². The van der Waals surface area contributed by atoms with E-state index in [1.54, 1.807) is 6.92 Å². The molecule has 0 heterocycles. The topological polar surface area (TPSA) is 34.1 Å². The van der Waals surface area contributed by atoms with Gasteiger partial charge in [0.1, 0.15) is 3.26 Å². The summed E-state index contributed by atoms with van der Waals surface area (Å²) in [4.78, 5) is 0. The second-order valence-electron chi connectivity index (χ2n) is 1.91. The number of hydrogen-bond donors (Lipinski definition) is 0. The van der Waals surface area contributed by atoms with Crippen LogP contribution in [0.1, 0.15) is 20.3 Å². The SMILES string of the molecule is CCCS(=O)(=O)C(C)I. The molecule has 9 heavy (non-hydrogen) atoms. The standard InChI is InChI=1S/C5H11IO2S/c1-3-4-9(7,8)5(2)6/h5H,3-4H2,1-2H3. The van der Waals surface area contributed by atoms with E-state index >= 15 is 0 Å². The van der Waals surface area contributed by atoms with Crippen molar-refractivity contribution >= 4 is 32.4 Å².